The summed E-state index contributed by atoms with van der Waals surface area (Å²) < 4.78 is 5.35. The highest BCUT2D eigenvalue weighted by Gasteiger charge is 2.08. The van der Waals surface area contributed by atoms with Crippen molar-refractivity contribution in [3.8, 4) is 16.2 Å². The molecule has 0 spiro atoms. The molecule has 0 aliphatic heterocycles. The van der Waals surface area contributed by atoms with Crippen LogP contribution in [0.2, 0.25) is 0 Å². The van der Waals surface area contributed by atoms with E-state index in [0.717, 1.165) is 12.2 Å². The van der Waals surface area contributed by atoms with E-state index < -0.39 is 0 Å². The number of hydrogen-bond acceptors (Lipinski definition) is 2. The highest BCUT2D eigenvalue weighted by atomic mass is 32.1. The van der Waals surface area contributed by atoms with Gasteiger partial charge in [-0.1, -0.05) is 37.3 Å². The van der Waals surface area contributed by atoms with Crippen LogP contribution < -0.4 is 4.74 Å². The fraction of sp³-hybridized carbons (Fsp3) is 0.231. The summed E-state index contributed by atoms with van der Waals surface area (Å²) in [5, 5.41) is 0. The van der Waals surface area contributed by atoms with Gasteiger partial charge in [0, 0.05) is 9.75 Å². The maximum atomic E-state index is 5.35. The van der Waals surface area contributed by atoms with Crippen LogP contribution in [0.4, 0.5) is 0 Å². The third kappa shape index (κ3) is 2.05. The average Bonchev–Trinajstić information content (AvgIpc) is 2.73. The number of benzene rings is 1. The summed E-state index contributed by atoms with van der Waals surface area (Å²) >= 11 is 1.81. The van der Waals surface area contributed by atoms with E-state index in [1.54, 1.807) is 7.11 Å². The molecule has 0 saturated carbocycles. The van der Waals surface area contributed by atoms with Crippen LogP contribution in [0.1, 0.15) is 11.8 Å². The highest BCUT2D eigenvalue weighted by Crippen LogP contribution is 2.36. The second kappa shape index (κ2) is 4.49. The van der Waals surface area contributed by atoms with Crippen molar-refractivity contribution in [1.29, 1.82) is 0 Å². The van der Waals surface area contributed by atoms with Crippen molar-refractivity contribution in [3.63, 3.8) is 0 Å². The minimum absolute atomic E-state index is 1.02. The van der Waals surface area contributed by atoms with Crippen molar-refractivity contribution in [2.45, 2.75) is 13.3 Å². The predicted molar refractivity (Wildman–Crippen MR) is 65.7 cm³/mol. The van der Waals surface area contributed by atoms with Crippen LogP contribution in [0.15, 0.2) is 36.4 Å². The summed E-state index contributed by atoms with van der Waals surface area (Å²) in [4.78, 5) is 2.60. The molecule has 0 aliphatic rings. The van der Waals surface area contributed by atoms with Crippen LogP contribution in [0.5, 0.6) is 5.75 Å². The van der Waals surface area contributed by atoms with Crippen LogP contribution in [-0.4, -0.2) is 7.11 Å². The van der Waals surface area contributed by atoms with Crippen LogP contribution in [-0.2, 0) is 6.42 Å². The number of methoxy groups -OCH3 is 1. The summed E-state index contributed by atoms with van der Waals surface area (Å²) in [6, 6.07) is 12.5. The molecule has 1 heterocycles. The molecule has 1 aromatic heterocycles. The lowest BCUT2D eigenvalue weighted by Crippen LogP contribution is -1.82. The number of ether oxygens (including phenoxy) is 1. The van der Waals surface area contributed by atoms with Gasteiger partial charge < -0.3 is 4.74 Å². The van der Waals surface area contributed by atoms with Crippen molar-refractivity contribution in [2.75, 3.05) is 7.11 Å². The monoisotopic (exact) mass is 218 g/mol. The molecule has 1 aromatic carbocycles. The topological polar surface area (TPSA) is 9.23 Å². The van der Waals surface area contributed by atoms with E-state index in [0.29, 0.717) is 0 Å². The van der Waals surface area contributed by atoms with Gasteiger partial charge in [0.1, 0.15) is 5.75 Å². The lowest BCUT2D eigenvalue weighted by atomic mass is 10.2. The van der Waals surface area contributed by atoms with Crippen LogP contribution >= 0.6 is 11.3 Å². The number of rotatable bonds is 3. The zero-order valence-electron chi connectivity index (χ0n) is 8.99. The molecule has 0 atom stereocenters. The van der Waals surface area contributed by atoms with Gasteiger partial charge in [0.2, 0.25) is 0 Å². The molecule has 0 unspecified atom stereocenters. The lowest BCUT2D eigenvalue weighted by molar-refractivity contribution is 0.413. The van der Waals surface area contributed by atoms with Crippen LogP contribution in [0.3, 0.4) is 0 Å². The van der Waals surface area contributed by atoms with Gasteiger partial charge in [0.15, 0.2) is 0 Å². The summed E-state index contributed by atoms with van der Waals surface area (Å²) in [6.07, 6.45) is 1.03. The molecule has 2 rings (SSSR count). The molecule has 0 aliphatic carbocycles. The first kappa shape index (κ1) is 10.2. The Labute approximate surface area is 94.3 Å². The van der Waals surface area contributed by atoms with Gasteiger partial charge in [-0.25, -0.2) is 0 Å². The standard InChI is InChI=1S/C13H14OS/c1-3-12-11(14-2)9-13(15-12)10-7-5-4-6-8-10/h4-9H,3H2,1-2H3. The SMILES string of the molecule is CCc1sc(-c2ccccc2)cc1OC. The maximum absolute atomic E-state index is 5.35. The first-order valence-corrected chi connectivity index (χ1v) is 5.89. The minimum Gasteiger partial charge on any atom is -0.496 e. The minimum atomic E-state index is 1.02. The third-order valence-corrected chi connectivity index (χ3v) is 3.68. The highest BCUT2D eigenvalue weighted by molar-refractivity contribution is 7.15. The Morgan fingerprint density at radius 2 is 1.93 bits per heavy atom. The Hall–Kier alpha value is -1.28. The molecule has 0 N–H and O–H groups in total. The van der Waals surface area contributed by atoms with Gasteiger partial charge in [-0.3, -0.25) is 0 Å². The second-order valence-corrected chi connectivity index (χ2v) is 4.46. The molecule has 0 saturated heterocycles. The van der Waals surface area contributed by atoms with E-state index in [1.165, 1.54) is 15.3 Å². The van der Waals surface area contributed by atoms with Crippen molar-refractivity contribution in [2.24, 2.45) is 0 Å². The third-order valence-electron chi connectivity index (χ3n) is 2.37. The Balaban J connectivity index is 2.42. The molecule has 0 radical (unpaired) electrons. The van der Waals surface area contributed by atoms with Crippen molar-refractivity contribution < 1.29 is 4.74 Å². The molecule has 2 heteroatoms. The maximum Gasteiger partial charge on any atom is 0.133 e. The van der Waals surface area contributed by atoms with E-state index in [4.69, 9.17) is 4.74 Å². The van der Waals surface area contributed by atoms with Crippen molar-refractivity contribution in [1.82, 2.24) is 0 Å². The van der Waals surface area contributed by atoms with Gasteiger partial charge in [-0.15, -0.1) is 11.3 Å². The Kier molecular flexibility index (Phi) is 3.07. The van der Waals surface area contributed by atoms with Crippen molar-refractivity contribution in [3.05, 3.63) is 41.3 Å². The number of hydrogen-bond donors (Lipinski definition) is 0. The molecule has 2 aromatic rings. The largest absolute Gasteiger partial charge is 0.496 e. The second-order valence-electron chi connectivity index (χ2n) is 3.32. The van der Waals surface area contributed by atoms with Gasteiger partial charge in [-0.2, -0.15) is 0 Å². The van der Waals surface area contributed by atoms with Gasteiger partial charge in [-0.05, 0) is 18.1 Å². The molecule has 78 valence electrons. The number of aryl methyl sites for hydroxylation is 1. The molecular weight excluding hydrogens is 204 g/mol. The van der Waals surface area contributed by atoms with Crippen LogP contribution in [0, 0.1) is 0 Å². The molecule has 1 nitrogen and oxygen atoms in total. The van der Waals surface area contributed by atoms with Crippen LogP contribution in [0.25, 0.3) is 10.4 Å². The van der Waals surface area contributed by atoms with E-state index in [-0.39, 0.29) is 0 Å². The summed E-state index contributed by atoms with van der Waals surface area (Å²) in [5.41, 5.74) is 1.26. The molecular formula is C13H14OS. The van der Waals surface area contributed by atoms with Crippen molar-refractivity contribution >= 4 is 11.3 Å². The summed E-state index contributed by atoms with van der Waals surface area (Å²) in [7, 11) is 1.73. The Morgan fingerprint density at radius 1 is 1.20 bits per heavy atom. The smallest absolute Gasteiger partial charge is 0.133 e. The van der Waals surface area contributed by atoms with E-state index >= 15 is 0 Å². The number of thiophene rings is 1. The zero-order chi connectivity index (χ0) is 10.7. The summed E-state index contributed by atoms with van der Waals surface area (Å²) in [6.45, 7) is 2.16. The van der Waals surface area contributed by atoms with Gasteiger partial charge in [0.05, 0.1) is 7.11 Å². The predicted octanol–water partition coefficient (Wildman–Crippen LogP) is 3.99. The van der Waals surface area contributed by atoms with E-state index in [1.807, 2.05) is 17.4 Å². The Morgan fingerprint density at radius 3 is 2.47 bits per heavy atom. The first-order chi connectivity index (χ1) is 7.35. The first-order valence-electron chi connectivity index (χ1n) is 5.07. The Bertz CT molecular complexity index is 410. The van der Waals surface area contributed by atoms with Gasteiger partial charge in [0.25, 0.3) is 0 Å². The lowest BCUT2D eigenvalue weighted by Gasteiger charge is -1.96. The van der Waals surface area contributed by atoms with E-state index in [2.05, 4.69) is 37.3 Å². The molecule has 15 heavy (non-hydrogen) atoms. The van der Waals surface area contributed by atoms with Gasteiger partial charge >= 0.3 is 0 Å². The molecule has 0 bridgehead atoms. The van der Waals surface area contributed by atoms with E-state index in [9.17, 15) is 0 Å². The zero-order valence-corrected chi connectivity index (χ0v) is 9.80. The average molecular weight is 218 g/mol. The quantitative estimate of drug-likeness (QED) is 0.757. The molecule has 0 amide bonds. The fourth-order valence-corrected chi connectivity index (χ4v) is 2.65. The molecule has 0 fully saturated rings. The summed E-state index contributed by atoms with van der Waals surface area (Å²) in [5.74, 6) is 1.02. The normalized spacial score (nSPS) is 10.3. The fourth-order valence-electron chi connectivity index (χ4n) is 1.58.